The lowest BCUT2D eigenvalue weighted by atomic mass is 10.2. The van der Waals surface area contributed by atoms with Crippen LogP contribution in [0.5, 0.6) is 11.5 Å². The molecule has 0 spiro atoms. The molecule has 2 aromatic carbocycles. The molecule has 0 atom stereocenters. The number of nitrogens with zero attached hydrogens (tertiary/aromatic N) is 2. The van der Waals surface area contributed by atoms with Crippen LogP contribution >= 0.6 is 0 Å². The van der Waals surface area contributed by atoms with Crippen LogP contribution in [-0.4, -0.2) is 43.5 Å². The van der Waals surface area contributed by atoms with Crippen molar-refractivity contribution in [2.45, 2.75) is 11.8 Å². The minimum absolute atomic E-state index is 0.00781. The molecular formula is C19H17N3O6S. The maximum Gasteiger partial charge on any atom is 0.322 e. The number of carbonyl (C=O) groups is 1. The van der Waals surface area contributed by atoms with Crippen molar-refractivity contribution in [3.8, 4) is 23.0 Å². The first-order valence-corrected chi connectivity index (χ1v) is 10.5. The number of anilines is 1. The zero-order valence-corrected chi connectivity index (χ0v) is 16.2. The number of rotatable bonds is 5. The molecule has 0 unspecified atom stereocenters. The van der Waals surface area contributed by atoms with Gasteiger partial charge in [-0.1, -0.05) is 24.2 Å². The molecule has 4 rings (SSSR count). The van der Waals surface area contributed by atoms with Gasteiger partial charge in [0, 0.05) is 5.56 Å². The molecule has 0 aliphatic carbocycles. The number of carbonyl (C=O) groups excluding carboxylic acids is 1. The molecule has 0 fully saturated rings. The molecule has 0 saturated carbocycles. The van der Waals surface area contributed by atoms with E-state index in [9.17, 15) is 13.2 Å². The highest BCUT2D eigenvalue weighted by molar-refractivity contribution is 7.91. The lowest BCUT2D eigenvalue weighted by Gasteiger charge is -2.18. The molecule has 3 aromatic rings. The van der Waals surface area contributed by atoms with Gasteiger partial charge in [-0.2, -0.15) is 0 Å². The highest BCUT2D eigenvalue weighted by atomic mass is 32.2. The average molecular weight is 415 g/mol. The van der Waals surface area contributed by atoms with E-state index < -0.39 is 15.7 Å². The molecule has 29 heavy (non-hydrogen) atoms. The van der Waals surface area contributed by atoms with E-state index >= 15 is 0 Å². The topological polar surface area (TPSA) is 121 Å². The molecule has 1 amide bonds. The molecule has 1 aromatic heterocycles. The summed E-state index contributed by atoms with van der Waals surface area (Å²) in [7, 11) is -3.57. The van der Waals surface area contributed by atoms with Crippen molar-refractivity contribution in [1.29, 1.82) is 0 Å². The second kappa shape index (κ2) is 7.55. The Hall–Kier alpha value is -3.40. The molecule has 1 N–H and O–H groups in total. The molecule has 10 heteroatoms. The first-order chi connectivity index (χ1) is 14.0. The standard InChI is InChI=1S/C19H17N3O6S/c1-2-29(24,25)16-6-4-3-5-13(16)17(23)20-19-22-21-18(28-19)12-7-8-14-15(11-12)27-10-9-26-14/h3-8,11H,2,9-10H2,1H3,(H,20,22,23). The lowest BCUT2D eigenvalue weighted by Crippen LogP contribution is -2.17. The first-order valence-electron chi connectivity index (χ1n) is 8.84. The smallest absolute Gasteiger partial charge is 0.322 e. The zero-order valence-electron chi connectivity index (χ0n) is 15.4. The average Bonchev–Trinajstić information content (AvgIpc) is 3.22. The van der Waals surface area contributed by atoms with Crippen LogP contribution in [0.4, 0.5) is 6.01 Å². The summed E-state index contributed by atoms with van der Waals surface area (Å²) in [4.78, 5) is 12.5. The maximum atomic E-state index is 12.6. The number of ether oxygens (including phenoxy) is 2. The van der Waals surface area contributed by atoms with E-state index in [0.717, 1.165) is 0 Å². The Kier molecular flexibility index (Phi) is 4.93. The number of fused-ring (bicyclic) bond motifs is 1. The summed E-state index contributed by atoms with van der Waals surface area (Å²) in [6.45, 7) is 2.45. The van der Waals surface area contributed by atoms with Gasteiger partial charge in [0.25, 0.3) is 5.91 Å². The van der Waals surface area contributed by atoms with Gasteiger partial charge in [-0.15, -0.1) is 5.10 Å². The predicted molar refractivity (Wildman–Crippen MR) is 103 cm³/mol. The predicted octanol–water partition coefficient (Wildman–Crippen LogP) is 2.55. The van der Waals surface area contributed by atoms with Crippen molar-refractivity contribution in [2.24, 2.45) is 0 Å². The van der Waals surface area contributed by atoms with E-state index in [2.05, 4.69) is 15.5 Å². The van der Waals surface area contributed by atoms with Gasteiger partial charge in [-0.05, 0) is 30.3 Å². The van der Waals surface area contributed by atoms with Crippen molar-refractivity contribution in [1.82, 2.24) is 10.2 Å². The van der Waals surface area contributed by atoms with Crippen molar-refractivity contribution in [3.05, 3.63) is 48.0 Å². The Morgan fingerprint density at radius 1 is 1.07 bits per heavy atom. The second-order valence-electron chi connectivity index (χ2n) is 6.12. The number of sulfone groups is 1. The quantitative estimate of drug-likeness (QED) is 0.675. The summed E-state index contributed by atoms with van der Waals surface area (Å²) in [6, 6.07) is 11.0. The van der Waals surface area contributed by atoms with Gasteiger partial charge in [-0.25, -0.2) is 8.42 Å². The van der Waals surface area contributed by atoms with Gasteiger partial charge >= 0.3 is 6.01 Å². The van der Waals surface area contributed by atoms with Crippen LogP contribution in [-0.2, 0) is 9.84 Å². The summed E-state index contributed by atoms with van der Waals surface area (Å²) < 4.78 is 41.0. The largest absolute Gasteiger partial charge is 0.486 e. The Balaban J connectivity index is 1.57. The Labute approximate surface area is 166 Å². The molecule has 9 nitrogen and oxygen atoms in total. The van der Waals surface area contributed by atoms with Crippen LogP contribution in [0.1, 0.15) is 17.3 Å². The second-order valence-corrected chi connectivity index (χ2v) is 8.37. The van der Waals surface area contributed by atoms with Crippen molar-refractivity contribution >= 4 is 21.8 Å². The number of benzene rings is 2. The minimum atomic E-state index is -3.57. The molecular weight excluding hydrogens is 398 g/mol. The third-order valence-corrected chi connectivity index (χ3v) is 6.07. The summed E-state index contributed by atoms with van der Waals surface area (Å²) in [5.74, 6) is 0.589. The van der Waals surface area contributed by atoms with Crippen LogP contribution in [0.15, 0.2) is 51.8 Å². The van der Waals surface area contributed by atoms with Gasteiger partial charge in [0.1, 0.15) is 13.2 Å². The van der Waals surface area contributed by atoms with E-state index in [1.165, 1.54) is 19.1 Å². The number of nitrogens with one attached hydrogen (secondary N) is 1. The van der Waals surface area contributed by atoms with Crippen molar-refractivity contribution < 1.29 is 27.1 Å². The summed E-state index contributed by atoms with van der Waals surface area (Å²) in [6.07, 6.45) is 0. The summed E-state index contributed by atoms with van der Waals surface area (Å²) in [5, 5.41) is 10.2. The van der Waals surface area contributed by atoms with E-state index in [1.54, 1.807) is 30.3 Å². The normalized spacial score (nSPS) is 13.1. The monoisotopic (exact) mass is 415 g/mol. The summed E-state index contributed by atoms with van der Waals surface area (Å²) >= 11 is 0. The molecule has 0 bridgehead atoms. The highest BCUT2D eigenvalue weighted by Crippen LogP contribution is 2.34. The molecule has 0 radical (unpaired) electrons. The van der Waals surface area contributed by atoms with Gasteiger partial charge < -0.3 is 13.9 Å². The molecule has 150 valence electrons. The lowest BCUT2D eigenvalue weighted by molar-refractivity contribution is 0.102. The minimum Gasteiger partial charge on any atom is -0.486 e. The van der Waals surface area contributed by atoms with Crippen LogP contribution in [0.25, 0.3) is 11.5 Å². The number of amides is 1. The number of hydrogen-bond acceptors (Lipinski definition) is 8. The Bertz CT molecular complexity index is 1170. The first kappa shape index (κ1) is 18.9. The fraction of sp³-hybridized carbons (Fsp3) is 0.211. The third-order valence-electron chi connectivity index (χ3n) is 4.28. The van der Waals surface area contributed by atoms with E-state index in [4.69, 9.17) is 13.9 Å². The molecule has 1 aliphatic rings. The van der Waals surface area contributed by atoms with Gasteiger partial charge in [0.05, 0.1) is 16.2 Å². The molecule has 1 aliphatic heterocycles. The molecule has 0 saturated heterocycles. The van der Waals surface area contributed by atoms with Crippen molar-refractivity contribution in [3.63, 3.8) is 0 Å². The van der Waals surface area contributed by atoms with Crippen molar-refractivity contribution in [2.75, 3.05) is 24.3 Å². The Morgan fingerprint density at radius 2 is 1.83 bits per heavy atom. The fourth-order valence-corrected chi connectivity index (χ4v) is 3.90. The van der Waals surface area contributed by atoms with E-state index in [0.29, 0.717) is 30.3 Å². The van der Waals surface area contributed by atoms with Crippen LogP contribution in [0.2, 0.25) is 0 Å². The maximum absolute atomic E-state index is 12.6. The van der Waals surface area contributed by atoms with Gasteiger partial charge in [0.2, 0.25) is 5.89 Å². The third kappa shape index (κ3) is 3.79. The van der Waals surface area contributed by atoms with E-state index in [1.807, 2.05) is 0 Å². The van der Waals surface area contributed by atoms with Crippen LogP contribution < -0.4 is 14.8 Å². The highest BCUT2D eigenvalue weighted by Gasteiger charge is 2.22. The van der Waals surface area contributed by atoms with E-state index in [-0.39, 0.29) is 28.1 Å². The molecule has 2 heterocycles. The van der Waals surface area contributed by atoms with Crippen LogP contribution in [0.3, 0.4) is 0 Å². The van der Waals surface area contributed by atoms with Gasteiger partial charge in [-0.3, -0.25) is 10.1 Å². The fourth-order valence-electron chi connectivity index (χ4n) is 2.81. The zero-order chi connectivity index (χ0) is 20.4. The van der Waals surface area contributed by atoms with Gasteiger partial charge in [0.15, 0.2) is 21.3 Å². The SMILES string of the molecule is CCS(=O)(=O)c1ccccc1C(=O)Nc1nnc(-c2ccc3c(c2)OCCO3)o1. The van der Waals surface area contributed by atoms with Crippen LogP contribution in [0, 0.1) is 0 Å². The summed E-state index contributed by atoms with van der Waals surface area (Å²) in [5.41, 5.74) is 0.602. The number of hydrogen-bond donors (Lipinski definition) is 1. The Morgan fingerprint density at radius 3 is 2.62 bits per heavy atom. The number of aromatic nitrogens is 2.